The highest BCUT2D eigenvalue weighted by molar-refractivity contribution is 4.61. The lowest BCUT2D eigenvalue weighted by Crippen LogP contribution is -2.20. The maximum absolute atomic E-state index is 5.25. The average Bonchev–Trinajstić information content (AvgIpc) is 2.34. The third kappa shape index (κ3) is 2.64. The van der Waals surface area contributed by atoms with Crippen LogP contribution in [-0.4, -0.2) is 45.0 Å². The smallest absolute Gasteiger partial charge is 0.147 e. The van der Waals surface area contributed by atoms with Crippen molar-refractivity contribution in [1.82, 2.24) is 4.90 Å². The summed E-state index contributed by atoms with van der Waals surface area (Å²) in [5.74, 6) is 0. The summed E-state index contributed by atoms with van der Waals surface area (Å²) in [7, 11) is 4.13. The Labute approximate surface area is 61.9 Å². The molecule has 0 bridgehead atoms. The van der Waals surface area contributed by atoms with E-state index in [9.17, 15) is 0 Å². The van der Waals surface area contributed by atoms with Crippen molar-refractivity contribution in [3.8, 4) is 0 Å². The first-order valence-electron chi connectivity index (χ1n) is 3.63. The van der Waals surface area contributed by atoms with Crippen LogP contribution >= 0.6 is 0 Å². The van der Waals surface area contributed by atoms with Crippen molar-refractivity contribution in [3.63, 3.8) is 0 Å². The first-order valence-corrected chi connectivity index (χ1v) is 3.63. The van der Waals surface area contributed by atoms with E-state index in [1.165, 1.54) is 0 Å². The van der Waals surface area contributed by atoms with Crippen LogP contribution in [0.4, 0.5) is 0 Å². The second kappa shape index (κ2) is 3.91. The number of rotatable bonds is 3. The molecule has 60 valence electrons. The minimum Gasteiger partial charge on any atom is -0.353 e. The van der Waals surface area contributed by atoms with Gasteiger partial charge < -0.3 is 14.4 Å². The van der Waals surface area contributed by atoms with Crippen molar-refractivity contribution >= 4 is 0 Å². The van der Waals surface area contributed by atoms with Gasteiger partial charge in [-0.3, -0.25) is 0 Å². The van der Waals surface area contributed by atoms with Crippen LogP contribution in [0.1, 0.15) is 6.42 Å². The summed E-state index contributed by atoms with van der Waals surface area (Å²) in [6.45, 7) is 2.33. The molecule has 1 rings (SSSR count). The lowest BCUT2D eigenvalue weighted by molar-refractivity contribution is 0.0429. The van der Waals surface area contributed by atoms with Crippen molar-refractivity contribution in [2.45, 2.75) is 12.5 Å². The van der Waals surface area contributed by atoms with Crippen molar-refractivity contribution in [1.29, 1.82) is 0 Å². The van der Waals surface area contributed by atoms with Crippen LogP contribution in [0.5, 0.6) is 0 Å². The maximum Gasteiger partial charge on any atom is 0.147 e. The molecule has 0 aliphatic carbocycles. The van der Waals surface area contributed by atoms with Crippen LogP contribution in [0.2, 0.25) is 0 Å². The van der Waals surface area contributed by atoms with Crippen LogP contribution in [0.15, 0.2) is 0 Å². The second-order valence-electron chi connectivity index (χ2n) is 2.87. The summed E-state index contributed by atoms with van der Waals surface area (Å²) in [6.07, 6.45) is 1.41. The van der Waals surface area contributed by atoms with Crippen molar-refractivity contribution < 1.29 is 9.47 Å². The lowest BCUT2D eigenvalue weighted by Gasteiger charge is -2.11. The number of nitrogens with zero attached hydrogens (tertiary/aromatic N) is 1. The summed E-state index contributed by atoms with van der Waals surface area (Å²) >= 11 is 0. The van der Waals surface area contributed by atoms with Gasteiger partial charge in [0.1, 0.15) is 6.79 Å². The Hall–Kier alpha value is -0.120. The van der Waals surface area contributed by atoms with Crippen LogP contribution in [0.3, 0.4) is 0 Å². The molecule has 1 heterocycles. The standard InChI is InChI=1S/C7H15NO2/c1-8(2)4-3-7-5-9-6-10-7/h7H,3-6H2,1-2H3/t7-/m0/s1. The molecule has 0 N–H and O–H groups in total. The third-order valence-corrected chi connectivity index (χ3v) is 1.59. The van der Waals surface area contributed by atoms with Crippen LogP contribution in [0, 0.1) is 0 Å². The van der Waals surface area contributed by atoms with Crippen LogP contribution < -0.4 is 0 Å². The van der Waals surface area contributed by atoms with Gasteiger partial charge in [-0.25, -0.2) is 0 Å². The molecule has 0 unspecified atom stereocenters. The highest BCUT2D eigenvalue weighted by Gasteiger charge is 2.15. The van der Waals surface area contributed by atoms with Gasteiger partial charge in [0.25, 0.3) is 0 Å². The minimum atomic E-state index is 0.336. The first-order chi connectivity index (χ1) is 4.79. The molecule has 1 aliphatic heterocycles. The molecule has 0 spiro atoms. The Balaban J connectivity index is 2.01. The monoisotopic (exact) mass is 145 g/mol. The topological polar surface area (TPSA) is 21.7 Å². The third-order valence-electron chi connectivity index (χ3n) is 1.59. The Kier molecular flexibility index (Phi) is 3.12. The van der Waals surface area contributed by atoms with E-state index in [1.807, 2.05) is 0 Å². The van der Waals surface area contributed by atoms with E-state index in [1.54, 1.807) is 0 Å². The van der Waals surface area contributed by atoms with E-state index < -0.39 is 0 Å². The van der Waals surface area contributed by atoms with Gasteiger partial charge >= 0.3 is 0 Å². The van der Waals surface area contributed by atoms with Gasteiger partial charge in [-0.1, -0.05) is 0 Å². The molecule has 0 aromatic rings. The molecule has 0 aromatic carbocycles. The molecule has 0 aromatic heterocycles. The van der Waals surface area contributed by atoms with Gasteiger partial charge in [-0.05, 0) is 20.5 Å². The molecular weight excluding hydrogens is 130 g/mol. The molecule has 1 atom stereocenters. The molecule has 0 saturated carbocycles. The van der Waals surface area contributed by atoms with E-state index in [0.29, 0.717) is 12.9 Å². The maximum atomic E-state index is 5.25. The Morgan fingerprint density at radius 3 is 2.80 bits per heavy atom. The normalized spacial score (nSPS) is 26.1. The molecule has 1 fully saturated rings. The second-order valence-corrected chi connectivity index (χ2v) is 2.87. The Morgan fingerprint density at radius 1 is 1.50 bits per heavy atom. The predicted octanol–water partition coefficient (Wildman–Crippen LogP) is 0.311. The molecule has 1 saturated heterocycles. The summed E-state index contributed by atoms with van der Waals surface area (Å²) in [4.78, 5) is 2.15. The summed E-state index contributed by atoms with van der Waals surface area (Å²) in [6, 6.07) is 0. The average molecular weight is 145 g/mol. The predicted molar refractivity (Wildman–Crippen MR) is 38.9 cm³/mol. The number of hydrogen-bond acceptors (Lipinski definition) is 3. The Bertz CT molecular complexity index is 89.6. The number of hydrogen-bond donors (Lipinski definition) is 0. The molecule has 0 radical (unpaired) electrons. The van der Waals surface area contributed by atoms with Crippen molar-refractivity contribution in [3.05, 3.63) is 0 Å². The zero-order valence-electron chi connectivity index (χ0n) is 6.67. The van der Waals surface area contributed by atoms with Gasteiger partial charge in [-0.2, -0.15) is 0 Å². The summed E-state index contributed by atoms with van der Waals surface area (Å²) in [5.41, 5.74) is 0. The molecule has 0 amide bonds. The van der Waals surface area contributed by atoms with Crippen LogP contribution in [-0.2, 0) is 9.47 Å². The van der Waals surface area contributed by atoms with E-state index in [0.717, 1.165) is 19.6 Å². The van der Waals surface area contributed by atoms with Crippen LogP contribution in [0.25, 0.3) is 0 Å². The Morgan fingerprint density at radius 2 is 2.30 bits per heavy atom. The van der Waals surface area contributed by atoms with E-state index in [4.69, 9.17) is 9.47 Å². The molecule has 3 heteroatoms. The summed E-state index contributed by atoms with van der Waals surface area (Å²) < 4.78 is 10.3. The zero-order chi connectivity index (χ0) is 7.40. The first kappa shape index (κ1) is 7.98. The highest BCUT2D eigenvalue weighted by Crippen LogP contribution is 2.06. The van der Waals surface area contributed by atoms with Gasteiger partial charge in [0.2, 0.25) is 0 Å². The van der Waals surface area contributed by atoms with E-state index in [-0.39, 0.29) is 0 Å². The van der Waals surface area contributed by atoms with Crippen molar-refractivity contribution in [2.75, 3.05) is 34.0 Å². The van der Waals surface area contributed by atoms with E-state index >= 15 is 0 Å². The molecule has 3 nitrogen and oxygen atoms in total. The highest BCUT2D eigenvalue weighted by atomic mass is 16.7. The largest absolute Gasteiger partial charge is 0.353 e. The van der Waals surface area contributed by atoms with Gasteiger partial charge in [0.15, 0.2) is 0 Å². The quantitative estimate of drug-likeness (QED) is 0.570. The van der Waals surface area contributed by atoms with E-state index in [2.05, 4.69) is 19.0 Å². The van der Waals surface area contributed by atoms with Gasteiger partial charge in [-0.15, -0.1) is 0 Å². The molecule has 1 aliphatic rings. The SMILES string of the molecule is CN(C)CC[C@H]1COCO1. The van der Waals surface area contributed by atoms with Crippen molar-refractivity contribution in [2.24, 2.45) is 0 Å². The van der Waals surface area contributed by atoms with Gasteiger partial charge in [0, 0.05) is 6.54 Å². The molecule has 10 heavy (non-hydrogen) atoms. The fourth-order valence-corrected chi connectivity index (χ4v) is 0.941. The minimum absolute atomic E-state index is 0.336. The lowest BCUT2D eigenvalue weighted by atomic mass is 10.2. The zero-order valence-corrected chi connectivity index (χ0v) is 6.67. The summed E-state index contributed by atoms with van der Waals surface area (Å²) in [5, 5.41) is 0. The molecular formula is C7H15NO2. The fourth-order valence-electron chi connectivity index (χ4n) is 0.941. The fraction of sp³-hybridized carbons (Fsp3) is 1.00. The van der Waals surface area contributed by atoms with Gasteiger partial charge in [0.05, 0.1) is 12.7 Å². The number of ether oxygens (including phenoxy) is 2.